The molecule has 1 aliphatic heterocycles. The van der Waals surface area contributed by atoms with Crippen LogP contribution in [0.2, 0.25) is 0 Å². The van der Waals surface area contributed by atoms with E-state index >= 15 is 0 Å². The average molecular weight is 482 g/mol. The molecular formula is C20H18BrClN2O3S. The van der Waals surface area contributed by atoms with Gasteiger partial charge in [0, 0.05) is 39.7 Å². The Hall–Kier alpha value is -1.80. The van der Waals surface area contributed by atoms with Crippen LogP contribution in [0.5, 0.6) is 5.75 Å². The summed E-state index contributed by atoms with van der Waals surface area (Å²) in [6.45, 7) is 1.30. The Morgan fingerprint density at radius 3 is 2.54 bits per heavy atom. The average Bonchev–Trinajstić information content (AvgIpc) is 3.20. The smallest absolute Gasteiger partial charge is 0.269 e. The highest BCUT2D eigenvalue weighted by atomic mass is 79.9. The third-order valence-electron chi connectivity index (χ3n) is 4.84. The number of aromatic nitrogens is 1. The van der Waals surface area contributed by atoms with E-state index in [1.807, 2.05) is 13.1 Å². The number of halogens is 2. The third kappa shape index (κ3) is 3.16. The van der Waals surface area contributed by atoms with Crippen molar-refractivity contribution in [2.75, 3.05) is 27.2 Å². The molecule has 8 heteroatoms. The van der Waals surface area contributed by atoms with Gasteiger partial charge >= 0.3 is 0 Å². The first-order valence-corrected chi connectivity index (χ1v) is 11.2. The fourth-order valence-corrected chi connectivity index (χ4v) is 6.18. The lowest BCUT2D eigenvalue weighted by molar-refractivity contribution is 0.415. The standard InChI is InChI=1S/C20H18BrClN2O3S/c1-23-10-16(18(22)12-23)15-11-24(19-8-7-13(27-2)9-14(15)19)28(25,26)20-6-4-3-5-17(20)21/h3-9,11H,10,12H2,1-2H3. The number of likely N-dealkylation sites (N-methyl/N-ethyl adjacent to an activating group) is 1. The van der Waals surface area contributed by atoms with Gasteiger partial charge in [-0.25, -0.2) is 12.4 Å². The van der Waals surface area contributed by atoms with Crippen LogP contribution in [0.4, 0.5) is 0 Å². The summed E-state index contributed by atoms with van der Waals surface area (Å²) in [5.74, 6) is 0.660. The summed E-state index contributed by atoms with van der Waals surface area (Å²) in [4.78, 5) is 2.29. The number of nitrogens with zero attached hydrogens (tertiary/aromatic N) is 2. The zero-order valence-corrected chi connectivity index (χ0v) is 18.5. The molecule has 146 valence electrons. The second kappa shape index (κ2) is 7.22. The van der Waals surface area contributed by atoms with Gasteiger partial charge in [0.05, 0.1) is 12.6 Å². The number of fused-ring (bicyclic) bond motifs is 1. The van der Waals surface area contributed by atoms with Crippen LogP contribution < -0.4 is 4.74 Å². The van der Waals surface area contributed by atoms with Gasteiger partial charge in [0.2, 0.25) is 0 Å². The summed E-state index contributed by atoms with van der Waals surface area (Å²) in [6.07, 6.45) is 1.66. The Kier molecular flexibility index (Phi) is 5.03. The van der Waals surface area contributed by atoms with Crippen molar-refractivity contribution in [1.29, 1.82) is 0 Å². The monoisotopic (exact) mass is 480 g/mol. The molecule has 0 spiro atoms. The van der Waals surface area contributed by atoms with Crippen LogP contribution in [-0.4, -0.2) is 44.5 Å². The molecule has 0 amide bonds. The summed E-state index contributed by atoms with van der Waals surface area (Å²) in [5, 5.41) is 1.51. The molecule has 3 aromatic rings. The Morgan fingerprint density at radius 2 is 1.89 bits per heavy atom. The van der Waals surface area contributed by atoms with Crippen LogP contribution in [0.15, 0.2) is 63.1 Å². The maximum absolute atomic E-state index is 13.4. The quantitative estimate of drug-likeness (QED) is 0.549. The molecule has 0 saturated heterocycles. The lowest BCUT2D eigenvalue weighted by atomic mass is 10.1. The predicted molar refractivity (Wildman–Crippen MR) is 115 cm³/mol. The highest BCUT2D eigenvalue weighted by Gasteiger charge is 2.27. The van der Waals surface area contributed by atoms with Gasteiger partial charge in [-0.1, -0.05) is 23.7 Å². The van der Waals surface area contributed by atoms with Crippen LogP contribution in [0.25, 0.3) is 16.5 Å². The van der Waals surface area contributed by atoms with Gasteiger partial charge in [0.25, 0.3) is 10.0 Å². The molecule has 1 aromatic heterocycles. The molecule has 5 nitrogen and oxygen atoms in total. The van der Waals surface area contributed by atoms with E-state index in [0.717, 1.165) is 21.6 Å². The zero-order valence-electron chi connectivity index (χ0n) is 15.3. The van der Waals surface area contributed by atoms with Gasteiger partial charge in [0.15, 0.2) is 0 Å². The van der Waals surface area contributed by atoms with Crippen LogP contribution >= 0.6 is 27.5 Å². The molecule has 0 aliphatic carbocycles. The minimum Gasteiger partial charge on any atom is -0.497 e. The number of rotatable bonds is 4. The Morgan fingerprint density at radius 1 is 1.14 bits per heavy atom. The van der Waals surface area contributed by atoms with E-state index in [1.54, 1.807) is 49.7 Å². The Labute approximate surface area is 177 Å². The second-order valence-corrected chi connectivity index (χ2v) is 9.81. The minimum atomic E-state index is -3.81. The van der Waals surface area contributed by atoms with Gasteiger partial charge in [-0.15, -0.1) is 0 Å². The van der Waals surface area contributed by atoms with Crippen molar-refractivity contribution in [2.24, 2.45) is 0 Å². The van der Waals surface area contributed by atoms with Gasteiger partial charge in [-0.05, 0) is 58.9 Å². The van der Waals surface area contributed by atoms with Crippen LogP contribution in [0, 0.1) is 0 Å². The van der Waals surface area contributed by atoms with Crippen molar-refractivity contribution in [3.05, 3.63) is 63.7 Å². The number of methoxy groups -OCH3 is 1. The maximum Gasteiger partial charge on any atom is 0.269 e. The summed E-state index contributed by atoms with van der Waals surface area (Å²) < 4.78 is 34.1. The van der Waals surface area contributed by atoms with E-state index in [-0.39, 0.29) is 4.90 Å². The molecule has 0 atom stereocenters. The SMILES string of the molecule is COc1ccc2c(c1)c(C1=C(Cl)CN(C)C1)cn2S(=O)(=O)c1ccccc1Br. The maximum atomic E-state index is 13.4. The Bertz CT molecular complexity index is 1220. The lowest BCUT2D eigenvalue weighted by Crippen LogP contribution is -2.14. The third-order valence-corrected chi connectivity index (χ3v) is 7.87. The van der Waals surface area contributed by atoms with Crippen LogP contribution in [0.3, 0.4) is 0 Å². The molecule has 0 unspecified atom stereocenters. The molecule has 0 radical (unpaired) electrons. The van der Waals surface area contributed by atoms with E-state index in [1.165, 1.54) is 3.97 Å². The first-order valence-electron chi connectivity index (χ1n) is 8.58. The van der Waals surface area contributed by atoms with Crippen molar-refractivity contribution in [3.63, 3.8) is 0 Å². The highest BCUT2D eigenvalue weighted by molar-refractivity contribution is 9.10. The van der Waals surface area contributed by atoms with E-state index in [2.05, 4.69) is 20.8 Å². The molecule has 0 saturated carbocycles. The summed E-state index contributed by atoms with van der Waals surface area (Å²) in [6, 6.07) is 12.2. The first-order chi connectivity index (χ1) is 13.3. The number of hydrogen-bond acceptors (Lipinski definition) is 4. The van der Waals surface area contributed by atoms with Crippen molar-refractivity contribution in [1.82, 2.24) is 8.87 Å². The molecule has 0 bridgehead atoms. The van der Waals surface area contributed by atoms with Crippen molar-refractivity contribution < 1.29 is 13.2 Å². The van der Waals surface area contributed by atoms with Crippen molar-refractivity contribution in [3.8, 4) is 5.75 Å². The number of ether oxygens (including phenoxy) is 1. The van der Waals surface area contributed by atoms with E-state index in [0.29, 0.717) is 28.8 Å². The molecule has 28 heavy (non-hydrogen) atoms. The van der Waals surface area contributed by atoms with Crippen LogP contribution in [0.1, 0.15) is 5.56 Å². The fraction of sp³-hybridized carbons (Fsp3) is 0.200. The number of benzene rings is 2. The molecule has 1 aliphatic rings. The second-order valence-electron chi connectivity index (χ2n) is 6.71. The summed E-state index contributed by atoms with van der Waals surface area (Å²) in [7, 11) is -0.238. The summed E-state index contributed by atoms with van der Waals surface area (Å²) in [5.41, 5.74) is 2.32. The molecule has 0 N–H and O–H groups in total. The predicted octanol–water partition coefficient (Wildman–Crippen LogP) is 4.54. The highest BCUT2D eigenvalue weighted by Crippen LogP contribution is 2.37. The molecule has 4 rings (SSSR count). The van der Waals surface area contributed by atoms with E-state index < -0.39 is 10.0 Å². The Balaban J connectivity index is 2.01. The largest absolute Gasteiger partial charge is 0.497 e. The number of hydrogen-bond donors (Lipinski definition) is 0. The fourth-order valence-electron chi connectivity index (χ4n) is 3.48. The first kappa shape index (κ1) is 19.5. The van der Waals surface area contributed by atoms with Gasteiger partial charge in [-0.2, -0.15) is 0 Å². The molecular weight excluding hydrogens is 464 g/mol. The molecule has 2 aromatic carbocycles. The normalized spacial score (nSPS) is 15.6. The lowest BCUT2D eigenvalue weighted by Gasteiger charge is -2.09. The molecule has 0 fully saturated rings. The van der Waals surface area contributed by atoms with Gasteiger partial charge in [0.1, 0.15) is 10.6 Å². The zero-order chi connectivity index (χ0) is 20.1. The molecule has 2 heterocycles. The van der Waals surface area contributed by atoms with Gasteiger partial charge < -0.3 is 4.74 Å². The van der Waals surface area contributed by atoms with Gasteiger partial charge in [-0.3, -0.25) is 4.90 Å². The van der Waals surface area contributed by atoms with E-state index in [4.69, 9.17) is 16.3 Å². The van der Waals surface area contributed by atoms with Crippen molar-refractivity contribution in [2.45, 2.75) is 4.90 Å². The summed E-state index contributed by atoms with van der Waals surface area (Å²) >= 11 is 9.85. The minimum absolute atomic E-state index is 0.206. The topological polar surface area (TPSA) is 51.5 Å². The van der Waals surface area contributed by atoms with Crippen LogP contribution in [-0.2, 0) is 10.0 Å². The van der Waals surface area contributed by atoms with E-state index in [9.17, 15) is 8.42 Å². The van der Waals surface area contributed by atoms with Crippen molar-refractivity contribution >= 4 is 54.0 Å².